The van der Waals surface area contributed by atoms with E-state index in [1.165, 1.54) is 0 Å². The van der Waals surface area contributed by atoms with Crippen LogP contribution in [0.4, 0.5) is 8.78 Å². The molecule has 0 saturated carbocycles. The number of aromatic amines is 1. The molecule has 0 aliphatic carbocycles. The molecule has 1 saturated heterocycles. The Bertz CT molecular complexity index is 781. The molecule has 0 radical (unpaired) electrons. The Morgan fingerprint density at radius 3 is 2.64 bits per heavy atom. The number of hydrogen-bond donors (Lipinski definition) is 4. The van der Waals surface area contributed by atoms with Crippen molar-refractivity contribution >= 4 is 11.0 Å². The number of aliphatic hydroxyl groups excluding tert-OH is 3. The van der Waals surface area contributed by atoms with Gasteiger partial charge in [-0.15, -0.1) is 0 Å². The van der Waals surface area contributed by atoms with Crippen LogP contribution in [-0.2, 0) is 4.74 Å². The average molecular weight is 314 g/mol. The first-order valence-electron chi connectivity index (χ1n) is 6.43. The zero-order valence-electron chi connectivity index (χ0n) is 11.0. The first-order chi connectivity index (χ1) is 10.4. The molecule has 22 heavy (non-hydrogen) atoms. The van der Waals surface area contributed by atoms with Crippen LogP contribution in [-0.4, -0.2) is 50.2 Å². The maximum Gasteiger partial charge on any atom is 0.255 e. The number of halogens is 2. The zero-order valence-corrected chi connectivity index (χ0v) is 11.0. The predicted octanol–water partition coefficient (Wildman–Crippen LogP) is -0.645. The van der Waals surface area contributed by atoms with E-state index >= 15 is 0 Å². The molecule has 4 atom stereocenters. The molecule has 1 aliphatic rings. The van der Waals surface area contributed by atoms with Crippen LogP contribution in [0.2, 0.25) is 0 Å². The molecule has 1 fully saturated rings. The van der Waals surface area contributed by atoms with Crippen LogP contribution in [0.5, 0.6) is 0 Å². The molecule has 1 aliphatic heterocycles. The molecule has 3 rings (SSSR count). The fourth-order valence-electron chi connectivity index (χ4n) is 2.50. The third kappa shape index (κ3) is 2.28. The molecule has 7 nitrogen and oxygen atoms in total. The summed E-state index contributed by atoms with van der Waals surface area (Å²) in [6.07, 6.45) is -5.16. The number of rotatable bonds is 2. The number of ether oxygens (including phenoxy) is 1. The van der Waals surface area contributed by atoms with Gasteiger partial charge in [-0.25, -0.2) is 9.37 Å². The van der Waals surface area contributed by atoms with Crippen molar-refractivity contribution in [3.8, 4) is 0 Å². The minimum atomic E-state index is -1.47. The lowest BCUT2D eigenvalue weighted by molar-refractivity contribution is -0.0231. The van der Waals surface area contributed by atoms with Crippen LogP contribution in [0.1, 0.15) is 11.7 Å². The van der Waals surface area contributed by atoms with Crippen LogP contribution < -0.4 is 5.56 Å². The van der Waals surface area contributed by atoms with Crippen molar-refractivity contribution in [1.29, 1.82) is 0 Å². The molecule has 118 valence electrons. The van der Waals surface area contributed by atoms with E-state index in [0.29, 0.717) is 6.07 Å². The fourth-order valence-corrected chi connectivity index (χ4v) is 2.50. The maximum absolute atomic E-state index is 13.8. The summed E-state index contributed by atoms with van der Waals surface area (Å²) >= 11 is 0. The number of nitrogens with one attached hydrogen (secondary N) is 1. The van der Waals surface area contributed by atoms with Gasteiger partial charge >= 0.3 is 0 Å². The van der Waals surface area contributed by atoms with Gasteiger partial charge in [0.05, 0.1) is 12.0 Å². The fraction of sp³-hybridized carbons (Fsp3) is 0.385. The van der Waals surface area contributed by atoms with Gasteiger partial charge in [-0.3, -0.25) is 4.79 Å². The van der Waals surface area contributed by atoms with Gasteiger partial charge in [-0.05, 0) is 6.07 Å². The molecule has 4 N–H and O–H groups in total. The lowest BCUT2D eigenvalue weighted by Gasteiger charge is -2.14. The quantitative estimate of drug-likeness (QED) is 0.548. The Labute approximate surface area is 121 Å². The molecular weight excluding hydrogens is 302 g/mol. The smallest absolute Gasteiger partial charge is 0.255 e. The van der Waals surface area contributed by atoms with E-state index in [9.17, 15) is 23.8 Å². The van der Waals surface area contributed by atoms with E-state index in [2.05, 4.69) is 9.97 Å². The Balaban J connectivity index is 2.12. The van der Waals surface area contributed by atoms with Crippen molar-refractivity contribution in [2.45, 2.75) is 24.4 Å². The first-order valence-corrected chi connectivity index (χ1v) is 6.43. The number of nitrogens with zero attached hydrogens (tertiary/aromatic N) is 1. The number of aliphatic hydroxyl groups is 3. The highest BCUT2D eigenvalue weighted by Crippen LogP contribution is 2.32. The van der Waals surface area contributed by atoms with Crippen LogP contribution in [0.3, 0.4) is 0 Å². The van der Waals surface area contributed by atoms with Gasteiger partial charge in [-0.1, -0.05) is 0 Å². The van der Waals surface area contributed by atoms with Crippen LogP contribution in [0.25, 0.3) is 11.0 Å². The maximum atomic E-state index is 13.8. The highest BCUT2D eigenvalue weighted by Gasteiger charge is 2.44. The Hall–Kier alpha value is -1.94. The third-order valence-corrected chi connectivity index (χ3v) is 3.62. The van der Waals surface area contributed by atoms with Crippen molar-refractivity contribution < 1.29 is 28.8 Å². The highest BCUT2D eigenvalue weighted by atomic mass is 19.1. The molecule has 9 heteroatoms. The molecule has 0 spiro atoms. The number of fused-ring (bicyclic) bond motifs is 1. The molecule has 0 aromatic carbocycles. The molecule has 2 aromatic heterocycles. The van der Waals surface area contributed by atoms with Crippen LogP contribution in [0.15, 0.2) is 16.9 Å². The Kier molecular flexibility index (Phi) is 3.65. The van der Waals surface area contributed by atoms with Crippen LogP contribution >= 0.6 is 0 Å². The van der Waals surface area contributed by atoms with Crippen molar-refractivity contribution in [3.63, 3.8) is 0 Å². The molecule has 0 bridgehead atoms. The monoisotopic (exact) mass is 314 g/mol. The van der Waals surface area contributed by atoms with Gasteiger partial charge in [0.25, 0.3) is 5.56 Å². The molecular formula is C13H12F2N2O5. The number of aromatic nitrogens is 2. The molecule has 3 heterocycles. The average Bonchev–Trinajstić information content (AvgIpc) is 2.74. The van der Waals surface area contributed by atoms with Gasteiger partial charge in [0.2, 0.25) is 5.95 Å². The van der Waals surface area contributed by atoms with E-state index in [0.717, 1.165) is 6.07 Å². The van der Waals surface area contributed by atoms with Gasteiger partial charge in [0.1, 0.15) is 35.9 Å². The zero-order chi connectivity index (χ0) is 16.0. The van der Waals surface area contributed by atoms with Crippen molar-refractivity contribution in [2.75, 3.05) is 6.61 Å². The normalized spacial score (nSPS) is 28.4. The second kappa shape index (κ2) is 5.36. The summed E-state index contributed by atoms with van der Waals surface area (Å²) in [7, 11) is 0. The van der Waals surface area contributed by atoms with Gasteiger partial charge in [-0.2, -0.15) is 4.39 Å². The Morgan fingerprint density at radius 1 is 1.27 bits per heavy atom. The summed E-state index contributed by atoms with van der Waals surface area (Å²) in [6.45, 7) is -0.554. The standard InChI is InChI=1S/C13H12F2N2O5/c14-6-2-8(15)16-12-4(6)1-5(13(21)17-12)11-10(20)9(19)7(3-18)22-11/h1-2,7,9-11,18-20H,3H2,(H,16,17,21)/t7-,9?,10+,11+/m1/s1. The number of H-pyrrole nitrogens is 1. The van der Waals surface area contributed by atoms with Gasteiger partial charge < -0.3 is 25.0 Å². The second-order valence-corrected chi connectivity index (χ2v) is 5.00. The summed E-state index contributed by atoms with van der Waals surface area (Å²) in [6, 6.07) is 1.64. The third-order valence-electron chi connectivity index (χ3n) is 3.62. The molecule has 1 unspecified atom stereocenters. The lowest BCUT2D eigenvalue weighted by atomic mass is 10.0. The van der Waals surface area contributed by atoms with Crippen LogP contribution in [0, 0.1) is 11.8 Å². The summed E-state index contributed by atoms with van der Waals surface area (Å²) in [4.78, 5) is 17.6. The van der Waals surface area contributed by atoms with Gasteiger partial charge in [0, 0.05) is 11.6 Å². The van der Waals surface area contributed by atoms with Crippen molar-refractivity contribution in [1.82, 2.24) is 9.97 Å². The lowest BCUT2D eigenvalue weighted by Crippen LogP contribution is -2.33. The number of pyridine rings is 2. The predicted molar refractivity (Wildman–Crippen MR) is 69.0 cm³/mol. The van der Waals surface area contributed by atoms with E-state index in [-0.39, 0.29) is 16.6 Å². The van der Waals surface area contributed by atoms with E-state index in [1.54, 1.807) is 0 Å². The molecule has 0 amide bonds. The minimum Gasteiger partial charge on any atom is -0.394 e. The Morgan fingerprint density at radius 2 is 2.00 bits per heavy atom. The second-order valence-electron chi connectivity index (χ2n) is 5.00. The van der Waals surface area contributed by atoms with Crippen molar-refractivity contribution in [3.05, 3.63) is 39.8 Å². The SMILES string of the molecule is O=c1[nH]c2nc(F)cc(F)c2cc1[C@@H]1O[C@H](CO)C(O)[C@@H]1O. The topological polar surface area (TPSA) is 116 Å². The summed E-state index contributed by atoms with van der Waals surface area (Å²) in [5.41, 5.74) is -1.19. The highest BCUT2D eigenvalue weighted by molar-refractivity contribution is 5.75. The van der Waals surface area contributed by atoms with E-state index < -0.39 is 48.3 Å². The largest absolute Gasteiger partial charge is 0.394 e. The minimum absolute atomic E-state index is 0.151. The van der Waals surface area contributed by atoms with E-state index in [4.69, 9.17) is 9.84 Å². The van der Waals surface area contributed by atoms with Crippen molar-refractivity contribution in [2.24, 2.45) is 0 Å². The summed E-state index contributed by atoms with van der Waals surface area (Å²) < 4.78 is 32.0. The summed E-state index contributed by atoms with van der Waals surface area (Å²) in [5, 5.41) is 28.5. The number of hydrogen-bond acceptors (Lipinski definition) is 6. The van der Waals surface area contributed by atoms with E-state index in [1.807, 2.05) is 0 Å². The summed E-state index contributed by atoms with van der Waals surface area (Å²) in [5.74, 6) is -2.02. The molecule has 2 aromatic rings. The van der Waals surface area contributed by atoms with Gasteiger partial charge in [0.15, 0.2) is 0 Å². The first kappa shape index (κ1) is 15.0.